The Kier molecular flexibility index (Phi) is 7.06. The Labute approximate surface area is 185 Å². The van der Waals surface area contributed by atoms with E-state index in [0.717, 1.165) is 41.7 Å². The maximum absolute atomic E-state index is 12.7. The summed E-state index contributed by atoms with van der Waals surface area (Å²) in [6.45, 7) is 3.86. The molecule has 1 aromatic heterocycles. The van der Waals surface area contributed by atoms with E-state index in [2.05, 4.69) is 10.3 Å². The molecular formula is C20H26ClN3O4S2. The Bertz CT molecular complexity index is 1010. The molecule has 1 aliphatic carbocycles. The minimum absolute atomic E-state index is 0.241. The fraction of sp³-hybridized carbons (Fsp3) is 0.500. The fourth-order valence-corrected chi connectivity index (χ4v) is 6.19. The normalized spacial score (nSPS) is 16.3. The monoisotopic (exact) mass is 471 g/mol. The van der Waals surface area contributed by atoms with Gasteiger partial charge in [-0.2, -0.15) is 8.42 Å². The molecule has 1 heterocycles. The molecule has 3 rings (SSSR count). The highest BCUT2D eigenvalue weighted by molar-refractivity contribution is 7.92. The fourth-order valence-electron chi connectivity index (χ4n) is 3.73. The van der Waals surface area contributed by atoms with E-state index in [1.54, 1.807) is 12.1 Å². The van der Waals surface area contributed by atoms with Gasteiger partial charge in [-0.25, -0.2) is 14.5 Å². The molecule has 10 heteroatoms. The summed E-state index contributed by atoms with van der Waals surface area (Å²) in [5.74, 6) is 0. The van der Waals surface area contributed by atoms with E-state index in [1.807, 2.05) is 18.6 Å². The third-order valence-corrected chi connectivity index (χ3v) is 8.48. The highest BCUT2D eigenvalue weighted by atomic mass is 35.5. The number of benzene rings is 1. The SMILES string of the molecule is CCc1cc(Cl)cc(CC)c1NC(=O)NS(=O)(=O)c1ncc(C2(O)CCCCC2)s1. The molecular weight excluding hydrogens is 446 g/mol. The van der Waals surface area contributed by atoms with Crippen molar-refractivity contribution in [3.8, 4) is 0 Å². The summed E-state index contributed by atoms with van der Waals surface area (Å²) in [5, 5.41) is 14.0. The molecule has 1 fully saturated rings. The predicted molar refractivity (Wildman–Crippen MR) is 119 cm³/mol. The van der Waals surface area contributed by atoms with Crippen LogP contribution in [0.1, 0.15) is 62.0 Å². The van der Waals surface area contributed by atoms with Crippen molar-refractivity contribution in [2.75, 3.05) is 5.32 Å². The van der Waals surface area contributed by atoms with Gasteiger partial charge in [0.25, 0.3) is 10.0 Å². The minimum atomic E-state index is -4.16. The molecule has 0 radical (unpaired) electrons. The van der Waals surface area contributed by atoms with Gasteiger partial charge in [-0.15, -0.1) is 11.3 Å². The molecule has 1 saturated carbocycles. The van der Waals surface area contributed by atoms with Gasteiger partial charge in [-0.3, -0.25) is 0 Å². The highest BCUT2D eigenvalue weighted by Gasteiger charge is 2.35. The van der Waals surface area contributed by atoms with E-state index in [1.165, 1.54) is 6.20 Å². The number of carbonyl (C=O) groups excluding carboxylic acids is 1. The number of anilines is 1. The molecule has 7 nitrogen and oxygen atoms in total. The lowest BCUT2D eigenvalue weighted by molar-refractivity contribution is 0.00264. The number of thiazole rings is 1. The summed E-state index contributed by atoms with van der Waals surface area (Å²) >= 11 is 7.03. The molecule has 1 aliphatic rings. The summed E-state index contributed by atoms with van der Waals surface area (Å²) in [4.78, 5) is 17.0. The van der Waals surface area contributed by atoms with E-state index in [9.17, 15) is 18.3 Å². The number of rotatable bonds is 6. The second kappa shape index (κ2) is 9.21. The lowest BCUT2D eigenvalue weighted by Gasteiger charge is -2.30. The Hall–Kier alpha value is -1.68. The first kappa shape index (κ1) is 23.0. The largest absolute Gasteiger partial charge is 0.384 e. The van der Waals surface area contributed by atoms with E-state index < -0.39 is 21.7 Å². The average Bonchev–Trinajstić information content (AvgIpc) is 3.21. The first-order valence-electron chi connectivity index (χ1n) is 10.0. The number of carbonyl (C=O) groups is 1. The van der Waals surface area contributed by atoms with Gasteiger partial charge in [0.05, 0.1) is 4.88 Å². The molecule has 0 aliphatic heterocycles. The topological polar surface area (TPSA) is 108 Å². The molecule has 0 unspecified atom stereocenters. The summed E-state index contributed by atoms with van der Waals surface area (Å²) < 4.78 is 27.1. The quantitative estimate of drug-likeness (QED) is 0.571. The van der Waals surface area contributed by atoms with Gasteiger partial charge in [0.1, 0.15) is 5.60 Å². The summed E-state index contributed by atoms with van der Waals surface area (Å²) in [5.41, 5.74) is 1.17. The standard InChI is InChI=1S/C20H26ClN3O4S2/c1-3-13-10-15(21)11-14(4-2)17(13)23-18(25)24-30(27,28)19-22-12-16(29-19)20(26)8-6-5-7-9-20/h10-12,26H,3-9H2,1-2H3,(H2,23,24,25). The molecule has 3 N–H and O–H groups in total. The number of nitrogens with one attached hydrogen (secondary N) is 2. The van der Waals surface area contributed by atoms with Crippen LogP contribution in [0, 0.1) is 0 Å². The second-order valence-corrected chi connectivity index (χ2v) is 10.8. The van der Waals surface area contributed by atoms with Crippen LogP contribution >= 0.6 is 22.9 Å². The second-order valence-electron chi connectivity index (χ2n) is 7.45. The number of hydrogen-bond donors (Lipinski definition) is 3. The van der Waals surface area contributed by atoms with Crippen LogP contribution in [0.2, 0.25) is 5.02 Å². The third kappa shape index (κ3) is 4.96. The lowest BCUT2D eigenvalue weighted by Crippen LogP contribution is -2.34. The molecule has 2 aromatic rings. The zero-order chi connectivity index (χ0) is 21.9. The zero-order valence-electron chi connectivity index (χ0n) is 17.0. The van der Waals surface area contributed by atoms with E-state index in [-0.39, 0.29) is 4.34 Å². The Morgan fingerprint density at radius 1 is 1.20 bits per heavy atom. The van der Waals surface area contributed by atoms with Gasteiger partial charge < -0.3 is 10.4 Å². The van der Waals surface area contributed by atoms with Gasteiger partial charge in [0.15, 0.2) is 0 Å². The first-order chi connectivity index (χ1) is 14.2. The van der Waals surface area contributed by atoms with Crippen LogP contribution in [0.3, 0.4) is 0 Å². The van der Waals surface area contributed by atoms with Crippen molar-refractivity contribution in [3.63, 3.8) is 0 Å². The van der Waals surface area contributed by atoms with Crippen LogP contribution in [0.5, 0.6) is 0 Å². The number of aliphatic hydroxyl groups is 1. The van der Waals surface area contributed by atoms with E-state index in [0.29, 0.717) is 41.3 Å². The molecule has 30 heavy (non-hydrogen) atoms. The maximum atomic E-state index is 12.7. The number of halogens is 1. The summed E-state index contributed by atoms with van der Waals surface area (Å²) in [7, 11) is -4.16. The molecule has 0 atom stereocenters. The Morgan fingerprint density at radius 3 is 2.37 bits per heavy atom. The van der Waals surface area contributed by atoms with Crippen molar-refractivity contribution < 1.29 is 18.3 Å². The van der Waals surface area contributed by atoms with Crippen LogP contribution in [-0.4, -0.2) is 24.5 Å². The third-order valence-electron chi connectivity index (χ3n) is 5.35. The van der Waals surface area contributed by atoms with E-state index in [4.69, 9.17) is 11.6 Å². The number of aryl methyl sites for hydroxylation is 2. The Morgan fingerprint density at radius 2 is 1.80 bits per heavy atom. The minimum Gasteiger partial charge on any atom is -0.384 e. The number of nitrogens with zero attached hydrogens (tertiary/aromatic N) is 1. The van der Waals surface area contributed by atoms with Crippen molar-refractivity contribution in [1.29, 1.82) is 0 Å². The number of aromatic nitrogens is 1. The smallest absolute Gasteiger partial charge is 0.333 e. The van der Waals surface area contributed by atoms with Gasteiger partial charge in [0.2, 0.25) is 4.34 Å². The lowest BCUT2D eigenvalue weighted by atomic mass is 9.84. The predicted octanol–water partition coefficient (Wildman–Crippen LogP) is 4.58. The molecule has 0 bridgehead atoms. The summed E-state index contributed by atoms with van der Waals surface area (Å²) in [6, 6.07) is 2.64. The molecule has 1 aromatic carbocycles. The average molecular weight is 472 g/mol. The van der Waals surface area contributed by atoms with E-state index >= 15 is 0 Å². The van der Waals surface area contributed by atoms with Crippen molar-refractivity contribution in [2.45, 2.75) is 68.7 Å². The van der Waals surface area contributed by atoms with Gasteiger partial charge >= 0.3 is 6.03 Å². The van der Waals surface area contributed by atoms with Gasteiger partial charge in [0, 0.05) is 16.9 Å². The number of amides is 2. The van der Waals surface area contributed by atoms with Crippen LogP contribution in [0.4, 0.5) is 10.5 Å². The van der Waals surface area contributed by atoms with Gasteiger partial charge in [-0.05, 0) is 48.9 Å². The van der Waals surface area contributed by atoms with Crippen LogP contribution in [0.25, 0.3) is 0 Å². The number of sulfonamides is 1. The maximum Gasteiger partial charge on any atom is 0.333 e. The highest BCUT2D eigenvalue weighted by Crippen LogP contribution is 2.40. The zero-order valence-corrected chi connectivity index (χ0v) is 19.4. The molecule has 0 spiro atoms. The molecule has 164 valence electrons. The molecule has 2 amide bonds. The van der Waals surface area contributed by atoms with Crippen molar-refractivity contribution in [3.05, 3.63) is 39.4 Å². The Balaban J connectivity index is 1.77. The van der Waals surface area contributed by atoms with Crippen LogP contribution < -0.4 is 10.0 Å². The first-order valence-corrected chi connectivity index (χ1v) is 12.7. The van der Waals surface area contributed by atoms with Gasteiger partial charge in [-0.1, -0.05) is 44.7 Å². The van der Waals surface area contributed by atoms with Crippen molar-refractivity contribution >= 4 is 44.7 Å². The van der Waals surface area contributed by atoms with Crippen molar-refractivity contribution in [2.24, 2.45) is 0 Å². The van der Waals surface area contributed by atoms with Crippen LogP contribution in [-0.2, 0) is 28.5 Å². The summed E-state index contributed by atoms with van der Waals surface area (Å²) in [6.07, 6.45) is 6.64. The number of hydrogen-bond acceptors (Lipinski definition) is 6. The molecule has 0 saturated heterocycles. The van der Waals surface area contributed by atoms with Crippen molar-refractivity contribution in [1.82, 2.24) is 9.71 Å². The van der Waals surface area contributed by atoms with Crippen LogP contribution in [0.15, 0.2) is 22.7 Å². The number of urea groups is 1.